The summed E-state index contributed by atoms with van der Waals surface area (Å²) in [6.07, 6.45) is 2.30. The lowest BCUT2D eigenvalue weighted by Gasteiger charge is -2.08. The first-order chi connectivity index (χ1) is 15.7. The molecule has 172 valence electrons. The van der Waals surface area contributed by atoms with Crippen LogP contribution in [0, 0.1) is 20.8 Å². The maximum absolute atomic E-state index is 12.6. The van der Waals surface area contributed by atoms with Crippen LogP contribution in [0.4, 0.5) is 5.69 Å². The maximum atomic E-state index is 12.6. The Morgan fingerprint density at radius 2 is 1.73 bits per heavy atom. The van der Waals surface area contributed by atoms with Crippen molar-refractivity contribution in [2.45, 2.75) is 40.2 Å². The summed E-state index contributed by atoms with van der Waals surface area (Å²) in [5.41, 5.74) is 4.27. The van der Waals surface area contributed by atoms with Gasteiger partial charge in [0.2, 0.25) is 5.91 Å². The van der Waals surface area contributed by atoms with E-state index in [1.54, 1.807) is 11.6 Å². The van der Waals surface area contributed by atoms with Gasteiger partial charge in [-0.3, -0.25) is 18.7 Å². The minimum atomic E-state index is -0.422. The third-order valence-corrected chi connectivity index (χ3v) is 5.85. The summed E-state index contributed by atoms with van der Waals surface area (Å²) in [5, 5.41) is 7.55. The third-order valence-electron chi connectivity index (χ3n) is 5.85. The fraction of sp³-hybridized carbons (Fsp3) is 0.348. The quantitative estimate of drug-likeness (QED) is 0.484. The van der Waals surface area contributed by atoms with E-state index in [0.717, 1.165) is 21.6 Å². The predicted molar refractivity (Wildman–Crippen MR) is 126 cm³/mol. The van der Waals surface area contributed by atoms with Gasteiger partial charge in [-0.05, 0) is 39.3 Å². The van der Waals surface area contributed by atoms with Crippen LogP contribution >= 0.6 is 0 Å². The van der Waals surface area contributed by atoms with E-state index in [2.05, 4.69) is 15.4 Å². The zero-order chi connectivity index (χ0) is 23.9. The van der Waals surface area contributed by atoms with Gasteiger partial charge in [0.1, 0.15) is 0 Å². The second-order valence-electron chi connectivity index (χ2n) is 8.26. The number of benzene rings is 1. The highest BCUT2D eigenvalue weighted by atomic mass is 16.2. The Morgan fingerprint density at radius 1 is 1.03 bits per heavy atom. The van der Waals surface area contributed by atoms with Crippen LogP contribution < -0.4 is 16.6 Å². The molecule has 10 heteroatoms. The fourth-order valence-corrected chi connectivity index (χ4v) is 3.94. The Labute approximate surface area is 190 Å². The lowest BCUT2D eigenvalue weighted by atomic mass is 10.2. The van der Waals surface area contributed by atoms with Crippen LogP contribution in [0.25, 0.3) is 16.9 Å². The van der Waals surface area contributed by atoms with Crippen LogP contribution in [0.2, 0.25) is 0 Å². The van der Waals surface area contributed by atoms with Crippen LogP contribution in [0.5, 0.6) is 0 Å². The number of hydrogen-bond acceptors (Lipinski definition) is 5. The number of nitrogens with zero attached hydrogens (tertiary/aromatic N) is 6. The molecule has 3 aromatic heterocycles. The molecule has 3 heterocycles. The van der Waals surface area contributed by atoms with Crippen LogP contribution in [-0.4, -0.2) is 34.4 Å². The van der Waals surface area contributed by atoms with Crippen molar-refractivity contribution in [2.24, 2.45) is 14.1 Å². The molecule has 10 nitrogen and oxygen atoms in total. The zero-order valence-electron chi connectivity index (χ0n) is 19.4. The minimum absolute atomic E-state index is 0.130. The second kappa shape index (κ2) is 8.53. The smallest absolute Gasteiger partial charge is 0.325 e. The maximum Gasteiger partial charge on any atom is 0.332 e. The van der Waals surface area contributed by atoms with E-state index in [1.807, 2.05) is 49.7 Å². The largest absolute Gasteiger partial charge is 0.332 e. The molecule has 0 aliphatic rings. The normalized spacial score (nSPS) is 11.3. The molecule has 4 aromatic rings. The molecule has 0 unspecified atom stereocenters. The predicted octanol–water partition coefficient (Wildman–Crippen LogP) is 1.96. The molecule has 0 saturated carbocycles. The number of fused-ring (bicyclic) bond motifs is 1. The molecule has 0 fully saturated rings. The fourth-order valence-electron chi connectivity index (χ4n) is 3.94. The van der Waals surface area contributed by atoms with Gasteiger partial charge in [-0.2, -0.15) is 5.10 Å². The van der Waals surface area contributed by atoms with Crippen LogP contribution in [0.1, 0.15) is 29.8 Å². The van der Waals surface area contributed by atoms with E-state index < -0.39 is 11.2 Å². The van der Waals surface area contributed by atoms with Gasteiger partial charge in [-0.25, -0.2) is 14.5 Å². The van der Waals surface area contributed by atoms with Crippen molar-refractivity contribution in [3.8, 4) is 5.69 Å². The Hall–Kier alpha value is -3.95. The van der Waals surface area contributed by atoms with E-state index in [9.17, 15) is 14.4 Å². The molecule has 1 amide bonds. The lowest BCUT2D eigenvalue weighted by molar-refractivity contribution is -0.116. The Bertz CT molecular complexity index is 1470. The Kier molecular flexibility index (Phi) is 5.75. The topological polar surface area (TPSA) is 109 Å². The molecule has 0 bridgehead atoms. The minimum Gasteiger partial charge on any atom is -0.325 e. The average molecular weight is 450 g/mol. The molecule has 0 aliphatic heterocycles. The summed E-state index contributed by atoms with van der Waals surface area (Å²) in [5.74, 6) is -0.130. The monoisotopic (exact) mass is 449 g/mol. The number of anilines is 1. The Morgan fingerprint density at radius 3 is 2.42 bits per heavy atom. The van der Waals surface area contributed by atoms with E-state index >= 15 is 0 Å². The molecule has 0 aliphatic carbocycles. The van der Waals surface area contributed by atoms with Crippen molar-refractivity contribution in [1.82, 2.24) is 28.5 Å². The molecule has 0 spiro atoms. The van der Waals surface area contributed by atoms with Gasteiger partial charge in [-0.1, -0.05) is 17.7 Å². The van der Waals surface area contributed by atoms with E-state index in [1.165, 1.54) is 23.5 Å². The van der Waals surface area contributed by atoms with Crippen molar-refractivity contribution in [2.75, 3.05) is 5.32 Å². The summed E-state index contributed by atoms with van der Waals surface area (Å²) < 4.78 is 5.92. The summed E-state index contributed by atoms with van der Waals surface area (Å²) in [4.78, 5) is 41.4. The molecular formula is C23H27N7O3. The van der Waals surface area contributed by atoms with Gasteiger partial charge in [0.05, 0.1) is 29.1 Å². The van der Waals surface area contributed by atoms with Crippen LogP contribution in [0.15, 0.2) is 40.2 Å². The van der Waals surface area contributed by atoms with Crippen molar-refractivity contribution in [1.29, 1.82) is 0 Å². The summed E-state index contributed by atoms with van der Waals surface area (Å²) in [6.45, 7) is 6.25. The number of rotatable bonds is 6. The average Bonchev–Trinajstić information content (AvgIpc) is 3.33. The Balaban J connectivity index is 1.45. The number of imidazole rings is 1. The van der Waals surface area contributed by atoms with Gasteiger partial charge in [0.15, 0.2) is 11.2 Å². The first-order valence-electron chi connectivity index (χ1n) is 10.7. The standard InChI is InChI=1S/C23H27N7O3/c1-14-8-10-17(11-9-14)30-16(3)19(15(2)26-30)25-18(31)7-6-12-29-13-24-21-20(29)22(32)28(5)23(33)27(21)4/h8-11,13H,6-7,12H2,1-5H3,(H,25,31). The SMILES string of the molecule is Cc1ccc(-n2nc(C)c(NC(=O)CCCn3cnc4c3c(=O)n(C)c(=O)n4C)c2C)cc1. The first-order valence-corrected chi connectivity index (χ1v) is 10.7. The van der Waals surface area contributed by atoms with Gasteiger partial charge in [0.25, 0.3) is 5.56 Å². The second-order valence-corrected chi connectivity index (χ2v) is 8.26. The number of aryl methyl sites for hydroxylation is 4. The molecule has 0 saturated heterocycles. The number of carbonyl (C=O) groups is 1. The highest BCUT2D eigenvalue weighted by Gasteiger charge is 2.17. The number of amides is 1. The van der Waals surface area contributed by atoms with Crippen LogP contribution in [-0.2, 0) is 25.4 Å². The highest BCUT2D eigenvalue weighted by molar-refractivity contribution is 5.92. The van der Waals surface area contributed by atoms with Crippen molar-refractivity contribution >= 4 is 22.8 Å². The van der Waals surface area contributed by atoms with Gasteiger partial charge < -0.3 is 9.88 Å². The van der Waals surface area contributed by atoms with Crippen LogP contribution in [0.3, 0.4) is 0 Å². The molecule has 33 heavy (non-hydrogen) atoms. The van der Waals surface area contributed by atoms with E-state index in [0.29, 0.717) is 29.8 Å². The van der Waals surface area contributed by atoms with Crippen molar-refractivity contribution < 1.29 is 4.79 Å². The van der Waals surface area contributed by atoms with Gasteiger partial charge in [0, 0.05) is 27.1 Å². The van der Waals surface area contributed by atoms with Crippen molar-refractivity contribution in [3.05, 3.63) is 68.4 Å². The zero-order valence-corrected chi connectivity index (χ0v) is 19.4. The molecule has 1 aromatic carbocycles. The van der Waals surface area contributed by atoms with Gasteiger partial charge in [-0.15, -0.1) is 0 Å². The molecule has 4 rings (SSSR count). The summed E-state index contributed by atoms with van der Waals surface area (Å²) in [7, 11) is 3.02. The molecular weight excluding hydrogens is 422 g/mol. The highest BCUT2D eigenvalue weighted by Crippen LogP contribution is 2.23. The van der Waals surface area contributed by atoms with Crippen molar-refractivity contribution in [3.63, 3.8) is 0 Å². The molecule has 0 atom stereocenters. The molecule has 0 radical (unpaired) electrons. The number of nitrogens with one attached hydrogen (secondary N) is 1. The third kappa shape index (κ3) is 3.99. The lowest BCUT2D eigenvalue weighted by Crippen LogP contribution is -2.37. The number of carbonyl (C=O) groups excluding carboxylic acids is 1. The number of aromatic nitrogens is 6. The van der Waals surface area contributed by atoms with Gasteiger partial charge >= 0.3 is 5.69 Å². The van der Waals surface area contributed by atoms with E-state index in [-0.39, 0.29) is 12.3 Å². The first kappa shape index (κ1) is 22.3. The number of hydrogen-bond donors (Lipinski definition) is 1. The molecule has 1 N–H and O–H groups in total. The summed E-state index contributed by atoms with van der Waals surface area (Å²) >= 11 is 0. The van der Waals surface area contributed by atoms with E-state index in [4.69, 9.17) is 0 Å². The summed E-state index contributed by atoms with van der Waals surface area (Å²) in [6, 6.07) is 8.04.